The van der Waals surface area contributed by atoms with E-state index in [4.69, 9.17) is 14.6 Å². The molecule has 0 spiro atoms. The number of benzene rings is 1. The van der Waals surface area contributed by atoms with Crippen LogP contribution in [0, 0.1) is 0 Å². The molecule has 0 aliphatic carbocycles. The molecule has 1 aliphatic rings. The van der Waals surface area contributed by atoms with Crippen LogP contribution in [0.5, 0.6) is 11.5 Å². The third kappa shape index (κ3) is 3.59. The predicted molar refractivity (Wildman–Crippen MR) is 72.6 cm³/mol. The Morgan fingerprint density at radius 2 is 1.95 bits per heavy atom. The monoisotopic (exact) mass is 291 g/mol. The summed E-state index contributed by atoms with van der Waals surface area (Å²) in [6.07, 6.45) is 1.99. The first-order valence-corrected chi connectivity index (χ1v) is 6.11. The van der Waals surface area contributed by atoms with Gasteiger partial charge in [-0.2, -0.15) is 0 Å². The number of hydrogen-bond donors (Lipinski definition) is 2. The van der Waals surface area contributed by atoms with Gasteiger partial charge in [0.15, 0.2) is 17.3 Å². The SMILES string of the molecule is CC(=O)c1cc2c(cc1NC(=O)C/C=C\C(=O)O)OCO2. The van der Waals surface area contributed by atoms with Gasteiger partial charge in [0, 0.05) is 24.1 Å². The third-order valence-corrected chi connectivity index (χ3v) is 2.73. The lowest BCUT2D eigenvalue weighted by molar-refractivity contribution is -0.131. The van der Waals surface area contributed by atoms with Crippen LogP contribution < -0.4 is 14.8 Å². The largest absolute Gasteiger partial charge is 0.478 e. The van der Waals surface area contributed by atoms with Gasteiger partial charge in [0.25, 0.3) is 0 Å². The molecule has 7 heteroatoms. The molecule has 1 aliphatic heterocycles. The van der Waals surface area contributed by atoms with E-state index in [-0.39, 0.29) is 19.0 Å². The fourth-order valence-corrected chi connectivity index (χ4v) is 1.80. The van der Waals surface area contributed by atoms with E-state index >= 15 is 0 Å². The van der Waals surface area contributed by atoms with Crippen LogP contribution in [0.2, 0.25) is 0 Å². The van der Waals surface area contributed by atoms with Crippen LogP contribution in [0.4, 0.5) is 5.69 Å². The first-order valence-electron chi connectivity index (χ1n) is 6.11. The Morgan fingerprint density at radius 3 is 2.57 bits per heavy atom. The predicted octanol–water partition coefficient (Wildman–Crippen LogP) is 1.59. The quantitative estimate of drug-likeness (QED) is 0.631. The Labute approximate surface area is 120 Å². The Bertz CT molecular complexity index is 635. The van der Waals surface area contributed by atoms with Gasteiger partial charge in [-0.05, 0) is 13.0 Å². The topological polar surface area (TPSA) is 102 Å². The van der Waals surface area contributed by atoms with Crippen LogP contribution in [0.1, 0.15) is 23.7 Å². The fourth-order valence-electron chi connectivity index (χ4n) is 1.80. The highest BCUT2D eigenvalue weighted by molar-refractivity contribution is 6.04. The van der Waals surface area contributed by atoms with Gasteiger partial charge in [-0.15, -0.1) is 0 Å². The van der Waals surface area contributed by atoms with E-state index in [1.807, 2.05) is 0 Å². The summed E-state index contributed by atoms with van der Waals surface area (Å²) in [4.78, 5) is 33.7. The van der Waals surface area contributed by atoms with Gasteiger partial charge in [0.05, 0.1) is 5.69 Å². The highest BCUT2D eigenvalue weighted by Gasteiger charge is 2.20. The lowest BCUT2D eigenvalue weighted by Gasteiger charge is -2.09. The molecular formula is C14H13NO6. The molecule has 110 valence electrons. The minimum Gasteiger partial charge on any atom is -0.478 e. The van der Waals surface area contributed by atoms with Crippen LogP contribution in [-0.4, -0.2) is 29.6 Å². The maximum atomic E-state index is 11.7. The molecule has 7 nitrogen and oxygen atoms in total. The number of ether oxygens (including phenoxy) is 2. The first-order chi connectivity index (χ1) is 9.97. The van der Waals surface area contributed by atoms with Crippen molar-refractivity contribution in [3.8, 4) is 11.5 Å². The summed E-state index contributed by atoms with van der Waals surface area (Å²) in [6.45, 7) is 1.43. The van der Waals surface area contributed by atoms with E-state index in [1.165, 1.54) is 25.1 Å². The summed E-state index contributed by atoms with van der Waals surface area (Å²) >= 11 is 0. The Morgan fingerprint density at radius 1 is 1.29 bits per heavy atom. The molecule has 1 heterocycles. The number of anilines is 1. The number of hydrogen-bond acceptors (Lipinski definition) is 5. The second kappa shape index (κ2) is 6.08. The number of carbonyl (C=O) groups excluding carboxylic acids is 2. The smallest absolute Gasteiger partial charge is 0.327 e. The summed E-state index contributed by atoms with van der Waals surface area (Å²) in [5.41, 5.74) is 0.607. The average molecular weight is 291 g/mol. The maximum absolute atomic E-state index is 11.7. The highest BCUT2D eigenvalue weighted by Crippen LogP contribution is 2.37. The Kier molecular flexibility index (Phi) is 4.22. The normalized spacial score (nSPS) is 12.4. The summed E-state index contributed by atoms with van der Waals surface area (Å²) < 4.78 is 10.4. The molecule has 0 aromatic heterocycles. The number of carboxylic acid groups (broad SMARTS) is 1. The number of fused-ring (bicyclic) bond motifs is 1. The molecule has 1 aromatic carbocycles. The number of carboxylic acids is 1. The zero-order valence-corrected chi connectivity index (χ0v) is 11.2. The molecule has 2 rings (SSSR count). The van der Waals surface area contributed by atoms with Gasteiger partial charge in [-0.1, -0.05) is 6.08 Å². The number of rotatable bonds is 5. The number of amides is 1. The number of carbonyl (C=O) groups is 3. The van der Waals surface area contributed by atoms with Crippen molar-refractivity contribution >= 4 is 23.3 Å². The van der Waals surface area contributed by atoms with Crippen LogP contribution in [0.3, 0.4) is 0 Å². The fraction of sp³-hybridized carbons (Fsp3) is 0.214. The molecule has 0 bridgehead atoms. The summed E-state index contributed by atoms with van der Waals surface area (Å²) in [5, 5.41) is 11.0. The Balaban J connectivity index is 2.17. The molecule has 0 saturated heterocycles. The molecule has 0 atom stereocenters. The number of Topliss-reactive ketones (excluding diaryl/α,β-unsaturated/α-hetero) is 1. The van der Waals surface area contributed by atoms with Crippen molar-refractivity contribution < 1.29 is 29.0 Å². The minimum atomic E-state index is -1.13. The van der Waals surface area contributed by atoms with Gasteiger partial charge >= 0.3 is 5.97 Å². The van der Waals surface area contributed by atoms with Crippen LogP contribution >= 0.6 is 0 Å². The molecule has 0 saturated carbocycles. The van der Waals surface area contributed by atoms with E-state index < -0.39 is 11.9 Å². The second-order valence-corrected chi connectivity index (χ2v) is 4.30. The lowest BCUT2D eigenvalue weighted by atomic mass is 10.1. The van der Waals surface area contributed by atoms with Crippen molar-refractivity contribution in [1.29, 1.82) is 0 Å². The molecule has 2 N–H and O–H groups in total. The lowest BCUT2D eigenvalue weighted by Crippen LogP contribution is -2.13. The van der Waals surface area contributed by atoms with Gasteiger partial charge in [0.1, 0.15) is 0 Å². The maximum Gasteiger partial charge on any atom is 0.327 e. The van der Waals surface area contributed by atoms with Gasteiger partial charge in [-0.3, -0.25) is 9.59 Å². The third-order valence-electron chi connectivity index (χ3n) is 2.73. The van der Waals surface area contributed by atoms with E-state index in [9.17, 15) is 14.4 Å². The van der Waals surface area contributed by atoms with E-state index in [0.29, 0.717) is 22.7 Å². The van der Waals surface area contributed by atoms with Crippen molar-refractivity contribution in [3.05, 3.63) is 29.8 Å². The van der Waals surface area contributed by atoms with E-state index in [1.54, 1.807) is 0 Å². The number of aliphatic carboxylic acids is 1. The van der Waals surface area contributed by atoms with E-state index in [2.05, 4.69) is 5.32 Å². The highest BCUT2D eigenvalue weighted by atomic mass is 16.7. The first kappa shape index (κ1) is 14.6. The average Bonchev–Trinajstić information content (AvgIpc) is 2.84. The number of ketones is 1. The molecule has 1 aromatic rings. The molecule has 21 heavy (non-hydrogen) atoms. The molecule has 1 amide bonds. The standard InChI is InChI=1S/C14H13NO6/c1-8(16)9-5-11-12(21-7-20-11)6-10(9)15-13(17)3-2-4-14(18)19/h2,4-6H,3,7H2,1H3,(H,15,17)(H,18,19)/b4-2-. The molecule has 0 radical (unpaired) electrons. The second-order valence-electron chi connectivity index (χ2n) is 4.30. The van der Waals surface area contributed by atoms with Crippen LogP contribution in [0.15, 0.2) is 24.3 Å². The van der Waals surface area contributed by atoms with Crippen molar-refractivity contribution in [2.45, 2.75) is 13.3 Å². The zero-order valence-electron chi connectivity index (χ0n) is 11.2. The number of nitrogens with one attached hydrogen (secondary N) is 1. The molecular weight excluding hydrogens is 278 g/mol. The van der Waals surface area contributed by atoms with Gasteiger partial charge in [-0.25, -0.2) is 4.79 Å². The van der Waals surface area contributed by atoms with Gasteiger partial charge < -0.3 is 19.9 Å². The zero-order chi connectivity index (χ0) is 15.4. The van der Waals surface area contributed by atoms with Crippen molar-refractivity contribution in [3.63, 3.8) is 0 Å². The summed E-state index contributed by atoms with van der Waals surface area (Å²) in [7, 11) is 0. The summed E-state index contributed by atoms with van der Waals surface area (Å²) in [5.74, 6) is -0.908. The minimum absolute atomic E-state index is 0.0609. The van der Waals surface area contributed by atoms with Crippen LogP contribution in [-0.2, 0) is 9.59 Å². The van der Waals surface area contributed by atoms with Crippen molar-refractivity contribution in [1.82, 2.24) is 0 Å². The Hall–Kier alpha value is -2.83. The van der Waals surface area contributed by atoms with Crippen molar-refractivity contribution in [2.75, 3.05) is 12.1 Å². The molecule has 0 fully saturated rings. The van der Waals surface area contributed by atoms with Gasteiger partial charge in [0.2, 0.25) is 12.7 Å². The summed E-state index contributed by atoms with van der Waals surface area (Å²) in [6, 6.07) is 3.02. The van der Waals surface area contributed by atoms with E-state index in [0.717, 1.165) is 6.08 Å². The van der Waals surface area contributed by atoms with Crippen molar-refractivity contribution in [2.24, 2.45) is 0 Å². The van der Waals surface area contributed by atoms with Crippen LogP contribution in [0.25, 0.3) is 0 Å². The molecule has 0 unspecified atom stereocenters.